The van der Waals surface area contributed by atoms with Crippen LogP contribution in [0.4, 0.5) is 5.69 Å². The molecule has 0 unspecified atom stereocenters. The van der Waals surface area contributed by atoms with E-state index in [2.05, 4.69) is 10.1 Å². The average molecular weight is 264 g/mol. The van der Waals surface area contributed by atoms with Gasteiger partial charge in [0, 0.05) is 32.2 Å². The molecule has 2 aromatic rings. The zero-order valence-electron chi connectivity index (χ0n) is 9.81. The molecular formula is C11H12N4O2S. The molecular weight excluding hydrogens is 252 g/mol. The number of aryl methyl sites for hydroxylation is 1. The van der Waals surface area contributed by atoms with Crippen molar-refractivity contribution in [2.45, 2.75) is 11.3 Å². The zero-order valence-corrected chi connectivity index (χ0v) is 10.6. The SMILES string of the molecule is Cn1cc(S(=O)(=O)N2CCc3cnccc32)cn1. The summed E-state index contributed by atoms with van der Waals surface area (Å²) in [5.74, 6) is 0. The van der Waals surface area contributed by atoms with E-state index in [0.29, 0.717) is 18.7 Å². The van der Waals surface area contributed by atoms with Gasteiger partial charge in [-0.2, -0.15) is 5.10 Å². The summed E-state index contributed by atoms with van der Waals surface area (Å²) in [7, 11) is -1.81. The summed E-state index contributed by atoms with van der Waals surface area (Å²) in [6.45, 7) is 0.457. The molecule has 0 aliphatic carbocycles. The molecule has 0 saturated heterocycles. The molecule has 0 saturated carbocycles. The fraction of sp³-hybridized carbons (Fsp3) is 0.273. The molecule has 1 aliphatic heterocycles. The van der Waals surface area contributed by atoms with Crippen LogP contribution in [0.25, 0.3) is 0 Å². The van der Waals surface area contributed by atoms with Crippen LogP contribution in [-0.2, 0) is 23.5 Å². The van der Waals surface area contributed by atoms with Crippen LogP contribution in [0.15, 0.2) is 35.7 Å². The van der Waals surface area contributed by atoms with Crippen molar-refractivity contribution < 1.29 is 8.42 Å². The van der Waals surface area contributed by atoms with Gasteiger partial charge in [0.2, 0.25) is 0 Å². The van der Waals surface area contributed by atoms with Crippen LogP contribution in [-0.4, -0.2) is 29.7 Å². The summed E-state index contributed by atoms with van der Waals surface area (Å²) in [6.07, 6.45) is 6.90. The minimum Gasteiger partial charge on any atom is -0.274 e. The first-order chi connectivity index (χ1) is 8.59. The number of hydrogen-bond donors (Lipinski definition) is 0. The van der Waals surface area contributed by atoms with Crippen LogP contribution < -0.4 is 4.31 Å². The van der Waals surface area contributed by atoms with Crippen molar-refractivity contribution >= 4 is 15.7 Å². The highest BCUT2D eigenvalue weighted by molar-refractivity contribution is 7.92. The molecule has 0 fully saturated rings. The van der Waals surface area contributed by atoms with Crippen LogP contribution in [0, 0.1) is 0 Å². The maximum absolute atomic E-state index is 12.5. The topological polar surface area (TPSA) is 68.1 Å². The molecule has 6 nitrogen and oxygen atoms in total. The first-order valence-corrected chi connectivity index (χ1v) is 6.97. The minimum absolute atomic E-state index is 0.217. The standard InChI is InChI=1S/C11H12N4O2S/c1-14-8-10(7-13-14)18(16,17)15-5-3-9-6-12-4-2-11(9)15/h2,4,6-8H,3,5H2,1H3. The van der Waals surface area contributed by atoms with Gasteiger partial charge in [-0.15, -0.1) is 0 Å². The summed E-state index contributed by atoms with van der Waals surface area (Å²) >= 11 is 0. The lowest BCUT2D eigenvalue weighted by atomic mass is 10.2. The number of sulfonamides is 1. The van der Waals surface area contributed by atoms with Gasteiger partial charge < -0.3 is 0 Å². The Morgan fingerprint density at radius 2 is 2.17 bits per heavy atom. The van der Waals surface area contributed by atoms with E-state index in [1.165, 1.54) is 21.4 Å². The van der Waals surface area contributed by atoms with Crippen LogP contribution >= 0.6 is 0 Å². The van der Waals surface area contributed by atoms with E-state index in [1.54, 1.807) is 25.5 Å². The monoisotopic (exact) mass is 264 g/mol. The van der Waals surface area contributed by atoms with Gasteiger partial charge in [0.1, 0.15) is 4.90 Å². The second-order valence-electron chi connectivity index (χ2n) is 4.18. The Labute approximate surface area is 105 Å². The molecule has 3 rings (SSSR count). The Morgan fingerprint density at radius 1 is 1.33 bits per heavy atom. The summed E-state index contributed by atoms with van der Waals surface area (Å²) in [5.41, 5.74) is 1.68. The molecule has 0 aromatic carbocycles. The molecule has 0 atom stereocenters. The third-order valence-electron chi connectivity index (χ3n) is 3.00. The van der Waals surface area contributed by atoms with Crippen molar-refractivity contribution in [2.24, 2.45) is 7.05 Å². The van der Waals surface area contributed by atoms with Crippen molar-refractivity contribution in [3.8, 4) is 0 Å². The van der Waals surface area contributed by atoms with Crippen LogP contribution in [0.5, 0.6) is 0 Å². The van der Waals surface area contributed by atoms with Crippen molar-refractivity contribution in [1.29, 1.82) is 0 Å². The van der Waals surface area contributed by atoms with Crippen molar-refractivity contribution in [3.05, 3.63) is 36.4 Å². The maximum Gasteiger partial charge on any atom is 0.267 e. The number of pyridine rings is 1. The molecule has 0 N–H and O–H groups in total. The number of hydrogen-bond acceptors (Lipinski definition) is 4. The lowest BCUT2D eigenvalue weighted by molar-refractivity contribution is 0.592. The second-order valence-corrected chi connectivity index (χ2v) is 6.04. The van der Waals surface area contributed by atoms with E-state index >= 15 is 0 Å². The first-order valence-electron chi connectivity index (χ1n) is 5.53. The highest BCUT2D eigenvalue weighted by atomic mass is 32.2. The van der Waals surface area contributed by atoms with Gasteiger partial charge in [-0.3, -0.25) is 14.0 Å². The van der Waals surface area contributed by atoms with E-state index in [0.717, 1.165) is 5.56 Å². The Balaban J connectivity index is 2.07. The van der Waals surface area contributed by atoms with Gasteiger partial charge >= 0.3 is 0 Å². The highest BCUT2D eigenvalue weighted by Crippen LogP contribution is 2.31. The molecule has 0 radical (unpaired) electrons. The van der Waals surface area contributed by atoms with Gasteiger partial charge in [0.25, 0.3) is 10.0 Å². The smallest absolute Gasteiger partial charge is 0.267 e. The Bertz CT molecular complexity index is 693. The highest BCUT2D eigenvalue weighted by Gasteiger charge is 2.31. The van der Waals surface area contributed by atoms with Crippen LogP contribution in [0.2, 0.25) is 0 Å². The largest absolute Gasteiger partial charge is 0.274 e. The molecule has 2 aromatic heterocycles. The summed E-state index contributed by atoms with van der Waals surface area (Å²) in [6, 6.07) is 1.73. The lowest BCUT2D eigenvalue weighted by Crippen LogP contribution is -2.28. The second kappa shape index (κ2) is 3.81. The quantitative estimate of drug-likeness (QED) is 0.795. The van der Waals surface area contributed by atoms with E-state index in [9.17, 15) is 8.42 Å². The number of anilines is 1. The van der Waals surface area contributed by atoms with Crippen molar-refractivity contribution in [3.63, 3.8) is 0 Å². The Morgan fingerprint density at radius 3 is 2.89 bits per heavy atom. The number of rotatable bonds is 2. The van der Waals surface area contributed by atoms with Crippen LogP contribution in [0.1, 0.15) is 5.56 Å². The average Bonchev–Trinajstić information content (AvgIpc) is 2.95. The molecule has 0 amide bonds. The zero-order chi connectivity index (χ0) is 12.8. The van der Waals surface area contributed by atoms with E-state index in [-0.39, 0.29) is 4.90 Å². The van der Waals surface area contributed by atoms with Crippen LogP contribution in [0.3, 0.4) is 0 Å². The van der Waals surface area contributed by atoms with Gasteiger partial charge in [-0.05, 0) is 18.1 Å². The van der Waals surface area contributed by atoms with Gasteiger partial charge in [-0.25, -0.2) is 8.42 Å². The van der Waals surface area contributed by atoms with Crippen molar-refractivity contribution in [1.82, 2.24) is 14.8 Å². The normalized spacial score (nSPS) is 14.8. The maximum atomic E-state index is 12.5. The lowest BCUT2D eigenvalue weighted by Gasteiger charge is -2.17. The van der Waals surface area contributed by atoms with E-state index in [1.807, 2.05) is 0 Å². The third kappa shape index (κ3) is 1.59. The predicted molar refractivity (Wildman–Crippen MR) is 65.7 cm³/mol. The van der Waals surface area contributed by atoms with Gasteiger partial charge in [-0.1, -0.05) is 0 Å². The molecule has 1 aliphatic rings. The summed E-state index contributed by atoms with van der Waals surface area (Å²) < 4.78 is 27.8. The van der Waals surface area contributed by atoms with Gasteiger partial charge in [0.05, 0.1) is 11.9 Å². The van der Waals surface area contributed by atoms with E-state index < -0.39 is 10.0 Å². The molecule has 18 heavy (non-hydrogen) atoms. The molecule has 7 heteroatoms. The van der Waals surface area contributed by atoms with Crippen molar-refractivity contribution in [2.75, 3.05) is 10.8 Å². The number of fused-ring (bicyclic) bond motifs is 1. The summed E-state index contributed by atoms with van der Waals surface area (Å²) in [5, 5.41) is 3.91. The number of nitrogens with zero attached hydrogens (tertiary/aromatic N) is 4. The first kappa shape index (κ1) is 11.2. The molecule has 94 valence electrons. The Hall–Kier alpha value is -1.89. The molecule has 3 heterocycles. The molecule has 0 bridgehead atoms. The fourth-order valence-corrected chi connectivity index (χ4v) is 3.60. The fourth-order valence-electron chi connectivity index (χ4n) is 2.11. The van der Waals surface area contributed by atoms with Gasteiger partial charge in [0.15, 0.2) is 0 Å². The number of aromatic nitrogens is 3. The Kier molecular flexibility index (Phi) is 2.37. The minimum atomic E-state index is -3.51. The predicted octanol–water partition coefficient (Wildman–Crippen LogP) is 0.566. The van der Waals surface area contributed by atoms with E-state index in [4.69, 9.17) is 0 Å². The third-order valence-corrected chi connectivity index (χ3v) is 4.77. The molecule has 0 spiro atoms. The summed E-state index contributed by atoms with van der Waals surface area (Å²) in [4.78, 5) is 4.23.